The van der Waals surface area contributed by atoms with Crippen LogP contribution in [0.5, 0.6) is 0 Å². The first kappa shape index (κ1) is 16.2. The molecule has 0 unspecified atom stereocenters. The van der Waals surface area contributed by atoms with Gasteiger partial charge in [-0.15, -0.1) is 0 Å². The molecule has 0 rings (SSSR count). The van der Waals surface area contributed by atoms with Crippen LogP contribution in [-0.4, -0.2) is 0 Å². The van der Waals surface area contributed by atoms with Gasteiger partial charge in [-0.1, -0.05) is 37.5 Å². The molecule has 0 N–H and O–H groups in total. The molecule has 0 aliphatic carbocycles. The Balaban J connectivity index is 0. The molecule has 0 radical (unpaired) electrons. The molecule has 0 spiro atoms. The van der Waals surface area contributed by atoms with Crippen molar-refractivity contribution >= 4 is 0 Å². The fraction of sp³-hybridized carbons (Fsp3) is 0.375. The van der Waals surface area contributed by atoms with E-state index in [0.717, 1.165) is 12.8 Å². The van der Waals surface area contributed by atoms with Crippen LogP contribution in [0.4, 0.5) is 0 Å². The molecule has 0 heterocycles. The molecule has 0 heteroatoms. The molecule has 0 atom stereocenters. The Labute approximate surface area is 100 Å². The first-order valence-corrected chi connectivity index (χ1v) is 5.12. The Morgan fingerprint density at radius 3 is 1.38 bits per heavy atom. The molecule has 0 saturated heterocycles. The second-order valence-electron chi connectivity index (χ2n) is 2.31. The summed E-state index contributed by atoms with van der Waals surface area (Å²) >= 11 is 0. The SMILES string of the molecule is CC#CC#CC#CCC.CC#CC#CCC. The summed E-state index contributed by atoms with van der Waals surface area (Å²) in [6, 6.07) is 0. The summed E-state index contributed by atoms with van der Waals surface area (Å²) in [5, 5.41) is 0. The van der Waals surface area contributed by atoms with E-state index in [-0.39, 0.29) is 0 Å². The van der Waals surface area contributed by atoms with Crippen molar-refractivity contribution in [1.82, 2.24) is 0 Å². The summed E-state index contributed by atoms with van der Waals surface area (Å²) in [7, 11) is 0. The first-order valence-electron chi connectivity index (χ1n) is 5.12. The third-order valence-corrected chi connectivity index (χ3v) is 1.03. The number of hydrogen-bond donors (Lipinski definition) is 0. The zero-order valence-corrected chi connectivity index (χ0v) is 10.4. The highest BCUT2D eigenvalue weighted by Gasteiger charge is 1.55. The van der Waals surface area contributed by atoms with Gasteiger partial charge in [-0.25, -0.2) is 0 Å². The topological polar surface area (TPSA) is 0 Å². The molecule has 80 valence electrons. The van der Waals surface area contributed by atoms with Gasteiger partial charge in [0.15, 0.2) is 0 Å². The third-order valence-electron chi connectivity index (χ3n) is 1.03. The van der Waals surface area contributed by atoms with Crippen molar-refractivity contribution in [3.05, 3.63) is 0 Å². The lowest BCUT2D eigenvalue weighted by Gasteiger charge is -1.60. The van der Waals surface area contributed by atoms with Crippen molar-refractivity contribution < 1.29 is 0 Å². The van der Waals surface area contributed by atoms with E-state index in [1.54, 1.807) is 13.8 Å². The third kappa shape index (κ3) is 22.6. The summed E-state index contributed by atoms with van der Waals surface area (Å²) in [4.78, 5) is 0. The minimum atomic E-state index is 0.855. The molecular weight excluding hydrogens is 192 g/mol. The molecule has 0 aliphatic heterocycles. The average Bonchev–Trinajstić information content (AvgIpc) is 2.31. The van der Waals surface area contributed by atoms with Gasteiger partial charge in [0.1, 0.15) is 0 Å². The molecule has 0 amide bonds. The fourth-order valence-electron chi connectivity index (χ4n) is 0.453. The zero-order chi connectivity index (χ0) is 12.5. The smallest absolute Gasteiger partial charge is 0.00704 e. The normalized spacial score (nSPS) is 4.75. The molecule has 0 aliphatic rings. The highest BCUT2D eigenvalue weighted by Crippen LogP contribution is 1.64. The van der Waals surface area contributed by atoms with Gasteiger partial charge in [0, 0.05) is 12.8 Å². The molecule has 0 nitrogen and oxygen atoms in total. The molecule has 0 aromatic heterocycles. The Morgan fingerprint density at radius 2 is 0.938 bits per heavy atom. The van der Waals surface area contributed by atoms with Crippen LogP contribution >= 0.6 is 0 Å². The van der Waals surface area contributed by atoms with Crippen LogP contribution in [0.2, 0.25) is 0 Å². The average molecular weight is 208 g/mol. The Bertz CT molecular complexity index is 451. The maximum Gasteiger partial charge on any atom is 0.00704 e. The molecule has 0 aromatic carbocycles. The van der Waals surface area contributed by atoms with E-state index in [1.807, 2.05) is 13.8 Å². The number of rotatable bonds is 0. The summed E-state index contributed by atoms with van der Waals surface area (Å²) in [5.74, 6) is 26.7. The van der Waals surface area contributed by atoms with Crippen LogP contribution in [0.25, 0.3) is 0 Å². The molecule has 0 fully saturated rings. The van der Waals surface area contributed by atoms with Crippen LogP contribution in [-0.2, 0) is 0 Å². The van der Waals surface area contributed by atoms with Crippen LogP contribution in [0.1, 0.15) is 40.5 Å². The van der Waals surface area contributed by atoms with E-state index < -0.39 is 0 Å². The van der Waals surface area contributed by atoms with Crippen LogP contribution in [0, 0.1) is 59.2 Å². The van der Waals surface area contributed by atoms with Gasteiger partial charge >= 0.3 is 0 Å². The summed E-state index contributed by atoms with van der Waals surface area (Å²) < 4.78 is 0. The summed E-state index contributed by atoms with van der Waals surface area (Å²) in [6.07, 6.45) is 1.75. The molecule has 0 saturated carbocycles. The molecule has 0 bridgehead atoms. The largest absolute Gasteiger partial charge is 0.0925 e. The van der Waals surface area contributed by atoms with Gasteiger partial charge in [0.2, 0.25) is 0 Å². The predicted molar refractivity (Wildman–Crippen MR) is 70.8 cm³/mol. The fourth-order valence-corrected chi connectivity index (χ4v) is 0.453. The standard InChI is InChI=1S/C9H8.C7H8/c1-3-5-7-9-8-6-4-2;1-3-5-7-6-4-2/h3H2,1-2H3;3H2,1-2H3. The Hall–Kier alpha value is -2.20. The summed E-state index contributed by atoms with van der Waals surface area (Å²) in [6.45, 7) is 7.52. The van der Waals surface area contributed by atoms with Crippen molar-refractivity contribution in [3.8, 4) is 59.2 Å². The van der Waals surface area contributed by atoms with Crippen molar-refractivity contribution in [2.45, 2.75) is 40.5 Å². The van der Waals surface area contributed by atoms with Crippen LogP contribution < -0.4 is 0 Å². The minimum Gasteiger partial charge on any atom is -0.0925 e. The van der Waals surface area contributed by atoms with Gasteiger partial charge in [-0.05, 0) is 49.4 Å². The van der Waals surface area contributed by atoms with E-state index >= 15 is 0 Å². The quantitative estimate of drug-likeness (QED) is 0.537. The first-order chi connectivity index (χ1) is 7.83. The van der Waals surface area contributed by atoms with Crippen molar-refractivity contribution in [3.63, 3.8) is 0 Å². The predicted octanol–water partition coefficient (Wildman–Crippen LogP) is 2.85. The van der Waals surface area contributed by atoms with E-state index in [0.29, 0.717) is 0 Å². The lowest BCUT2D eigenvalue weighted by molar-refractivity contribution is 1.28. The lowest BCUT2D eigenvalue weighted by atomic mass is 10.4. The summed E-state index contributed by atoms with van der Waals surface area (Å²) in [5.41, 5.74) is 0. The Kier molecular flexibility index (Phi) is 18.8. The molecular formula is C16H16. The van der Waals surface area contributed by atoms with E-state index in [4.69, 9.17) is 0 Å². The van der Waals surface area contributed by atoms with Crippen molar-refractivity contribution in [1.29, 1.82) is 0 Å². The second kappa shape index (κ2) is 18.6. The second-order valence-corrected chi connectivity index (χ2v) is 2.31. The molecule has 16 heavy (non-hydrogen) atoms. The van der Waals surface area contributed by atoms with Gasteiger partial charge in [-0.3, -0.25) is 0 Å². The van der Waals surface area contributed by atoms with Crippen LogP contribution in [0.15, 0.2) is 0 Å². The number of hydrogen-bond acceptors (Lipinski definition) is 0. The van der Waals surface area contributed by atoms with Gasteiger partial charge in [0.25, 0.3) is 0 Å². The maximum absolute atomic E-state index is 2.83. The zero-order valence-electron chi connectivity index (χ0n) is 10.4. The lowest BCUT2D eigenvalue weighted by Crippen LogP contribution is -1.53. The minimum absolute atomic E-state index is 0.855. The Morgan fingerprint density at radius 1 is 0.562 bits per heavy atom. The van der Waals surface area contributed by atoms with Gasteiger partial charge in [-0.2, -0.15) is 0 Å². The van der Waals surface area contributed by atoms with E-state index in [1.165, 1.54) is 0 Å². The highest BCUT2D eigenvalue weighted by atomic mass is 13.6. The van der Waals surface area contributed by atoms with Gasteiger partial charge < -0.3 is 0 Å². The van der Waals surface area contributed by atoms with Crippen molar-refractivity contribution in [2.75, 3.05) is 0 Å². The van der Waals surface area contributed by atoms with Crippen molar-refractivity contribution in [2.24, 2.45) is 0 Å². The monoisotopic (exact) mass is 208 g/mol. The van der Waals surface area contributed by atoms with E-state index in [9.17, 15) is 0 Å². The van der Waals surface area contributed by atoms with E-state index in [2.05, 4.69) is 59.2 Å². The molecule has 0 aromatic rings. The van der Waals surface area contributed by atoms with Crippen LogP contribution in [0.3, 0.4) is 0 Å². The highest BCUT2D eigenvalue weighted by molar-refractivity contribution is 5.34. The van der Waals surface area contributed by atoms with Gasteiger partial charge in [0.05, 0.1) is 0 Å². The maximum atomic E-state index is 2.83.